The Kier molecular flexibility index (Phi) is 4.79. The Morgan fingerprint density at radius 2 is 2.08 bits per heavy atom. The van der Waals surface area contributed by atoms with E-state index >= 15 is 0 Å². The number of ether oxygens (including phenoxy) is 1. The molecule has 0 aromatic carbocycles. The second-order valence-electron chi connectivity index (χ2n) is 7.49. The molecule has 2 N–H and O–H groups in total. The second kappa shape index (κ2) is 6.86. The first-order valence-corrected chi connectivity index (χ1v) is 8.76. The molecule has 25 heavy (non-hydrogen) atoms. The van der Waals surface area contributed by atoms with Crippen molar-refractivity contribution in [2.45, 2.75) is 46.1 Å². The molecule has 6 nitrogen and oxygen atoms in total. The standard InChI is InChI=1S/C19H27N5O/c1-13-12-16(23-18(20)22-13)24-11-9-19(2,3)8-7-15(24)14-6-5-10-21-17(14)25-4/h5-6,10,12,15H,7-9,11H2,1-4H3,(H2,20,22,23). The van der Waals surface area contributed by atoms with E-state index in [0.717, 1.165) is 42.9 Å². The van der Waals surface area contributed by atoms with Gasteiger partial charge in [0.05, 0.1) is 13.2 Å². The van der Waals surface area contributed by atoms with Crippen molar-refractivity contribution in [1.82, 2.24) is 15.0 Å². The summed E-state index contributed by atoms with van der Waals surface area (Å²) in [5, 5.41) is 0. The number of methoxy groups -OCH3 is 1. The maximum Gasteiger partial charge on any atom is 0.222 e. The van der Waals surface area contributed by atoms with Crippen LogP contribution in [0.4, 0.5) is 11.8 Å². The number of hydrogen-bond acceptors (Lipinski definition) is 6. The van der Waals surface area contributed by atoms with Crippen LogP contribution in [0.1, 0.15) is 50.4 Å². The van der Waals surface area contributed by atoms with Crippen molar-refractivity contribution in [3.63, 3.8) is 0 Å². The lowest BCUT2D eigenvalue weighted by atomic mass is 9.84. The number of nitrogens with zero attached hydrogens (tertiary/aromatic N) is 4. The van der Waals surface area contributed by atoms with Crippen molar-refractivity contribution in [1.29, 1.82) is 0 Å². The SMILES string of the molecule is COc1ncccc1C1CCC(C)(C)CCN1c1cc(C)nc(N)n1. The number of anilines is 2. The molecule has 0 radical (unpaired) electrons. The Bertz CT molecular complexity index is 726. The van der Waals surface area contributed by atoms with Crippen molar-refractivity contribution < 1.29 is 4.74 Å². The van der Waals surface area contributed by atoms with Gasteiger partial charge in [-0.05, 0) is 37.7 Å². The van der Waals surface area contributed by atoms with E-state index in [1.165, 1.54) is 0 Å². The molecule has 1 atom stereocenters. The van der Waals surface area contributed by atoms with Crippen LogP contribution in [0.3, 0.4) is 0 Å². The van der Waals surface area contributed by atoms with Crippen molar-refractivity contribution in [2.75, 3.05) is 24.3 Å². The summed E-state index contributed by atoms with van der Waals surface area (Å²) in [6.07, 6.45) is 5.00. The molecule has 1 fully saturated rings. The molecule has 2 aromatic rings. The van der Waals surface area contributed by atoms with E-state index in [2.05, 4.69) is 39.8 Å². The number of aryl methyl sites for hydroxylation is 1. The zero-order chi connectivity index (χ0) is 18.0. The largest absolute Gasteiger partial charge is 0.481 e. The van der Waals surface area contributed by atoms with E-state index in [0.29, 0.717) is 11.8 Å². The number of rotatable bonds is 3. The third-order valence-corrected chi connectivity index (χ3v) is 5.01. The van der Waals surface area contributed by atoms with Gasteiger partial charge in [-0.25, -0.2) is 9.97 Å². The average Bonchev–Trinajstić information content (AvgIpc) is 2.72. The fourth-order valence-electron chi connectivity index (χ4n) is 3.53. The van der Waals surface area contributed by atoms with Gasteiger partial charge in [0.2, 0.25) is 11.8 Å². The minimum absolute atomic E-state index is 0.152. The predicted octanol–water partition coefficient (Wildman–Crippen LogP) is 3.53. The highest BCUT2D eigenvalue weighted by Gasteiger charge is 2.33. The van der Waals surface area contributed by atoms with E-state index in [9.17, 15) is 0 Å². The molecule has 3 heterocycles. The fourth-order valence-corrected chi connectivity index (χ4v) is 3.53. The first kappa shape index (κ1) is 17.5. The van der Waals surface area contributed by atoms with Gasteiger partial charge in [0, 0.05) is 30.1 Å². The van der Waals surface area contributed by atoms with Gasteiger partial charge in [-0.3, -0.25) is 0 Å². The van der Waals surface area contributed by atoms with Crippen molar-refractivity contribution >= 4 is 11.8 Å². The van der Waals surface area contributed by atoms with Gasteiger partial charge in [-0.1, -0.05) is 19.9 Å². The minimum Gasteiger partial charge on any atom is -0.481 e. The van der Waals surface area contributed by atoms with Crippen LogP contribution in [0.5, 0.6) is 5.88 Å². The van der Waals surface area contributed by atoms with Crippen molar-refractivity contribution in [3.8, 4) is 5.88 Å². The summed E-state index contributed by atoms with van der Waals surface area (Å²) in [6, 6.07) is 6.22. The summed E-state index contributed by atoms with van der Waals surface area (Å²) in [5.74, 6) is 1.87. The molecule has 6 heteroatoms. The van der Waals surface area contributed by atoms with Gasteiger partial charge in [-0.15, -0.1) is 0 Å². The molecule has 2 aromatic heterocycles. The van der Waals surface area contributed by atoms with E-state index < -0.39 is 0 Å². The molecular formula is C19H27N5O. The molecule has 0 aliphatic carbocycles. The second-order valence-corrected chi connectivity index (χ2v) is 7.49. The van der Waals surface area contributed by atoms with Gasteiger partial charge >= 0.3 is 0 Å². The number of nitrogens with two attached hydrogens (primary N) is 1. The minimum atomic E-state index is 0.152. The van der Waals surface area contributed by atoms with E-state index in [1.54, 1.807) is 13.3 Å². The Morgan fingerprint density at radius 1 is 1.28 bits per heavy atom. The molecule has 1 unspecified atom stereocenters. The van der Waals surface area contributed by atoms with Gasteiger partial charge in [-0.2, -0.15) is 4.98 Å². The van der Waals surface area contributed by atoms with Crippen LogP contribution in [0, 0.1) is 12.3 Å². The maximum absolute atomic E-state index is 5.91. The highest BCUT2D eigenvalue weighted by molar-refractivity contribution is 5.48. The van der Waals surface area contributed by atoms with Gasteiger partial charge < -0.3 is 15.4 Å². The van der Waals surface area contributed by atoms with E-state index in [1.807, 2.05) is 19.1 Å². The molecule has 0 bridgehead atoms. The molecule has 1 aliphatic heterocycles. The predicted molar refractivity (Wildman–Crippen MR) is 99.7 cm³/mol. The lowest BCUT2D eigenvalue weighted by Crippen LogP contribution is -2.30. The van der Waals surface area contributed by atoms with Crippen LogP contribution >= 0.6 is 0 Å². The summed E-state index contributed by atoms with van der Waals surface area (Å²) < 4.78 is 5.53. The monoisotopic (exact) mass is 341 g/mol. The Morgan fingerprint density at radius 3 is 2.80 bits per heavy atom. The van der Waals surface area contributed by atoms with Crippen molar-refractivity contribution in [3.05, 3.63) is 35.7 Å². The van der Waals surface area contributed by atoms with Crippen LogP contribution in [-0.4, -0.2) is 28.6 Å². The van der Waals surface area contributed by atoms with Gasteiger partial charge in [0.25, 0.3) is 0 Å². The third-order valence-electron chi connectivity index (χ3n) is 5.01. The normalized spacial score (nSPS) is 20.2. The molecule has 3 rings (SSSR count). The summed E-state index contributed by atoms with van der Waals surface area (Å²) >= 11 is 0. The molecular weight excluding hydrogens is 314 g/mol. The maximum atomic E-state index is 5.91. The van der Waals surface area contributed by atoms with Gasteiger partial charge in [0.15, 0.2) is 0 Å². The van der Waals surface area contributed by atoms with Crippen molar-refractivity contribution in [2.24, 2.45) is 5.41 Å². The Hall–Kier alpha value is -2.37. The smallest absolute Gasteiger partial charge is 0.222 e. The number of aromatic nitrogens is 3. The van der Waals surface area contributed by atoms with Gasteiger partial charge in [0.1, 0.15) is 5.82 Å². The molecule has 1 saturated heterocycles. The zero-order valence-corrected chi connectivity index (χ0v) is 15.5. The summed E-state index contributed by atoms with van der Waals surface area (Å²) in [5.41, 5.74) is 8.17. The lowest BCUT2D eigenvalue weighted by Gasteiger charge is -2.32. The first-order valence-electron chi connectivity index (χ1n) is 8.76. The van der Waals surface area contributed by atoms with Crippen LogP contribution in [0.25, 0.3) is 0 Å². The first-order chi connectivity index (χ1) is 11.9. The summed E-state index contributed by atoms with van der Waals surface area (Å²) in [6.45, 7) is 7.51. The lowest BCUT2D eigenvalue weighted by molar-refractivity contribution is 0.319. The van der Waals surface area contributed by atoms with E-state index in [-0.39, 0.29) is 11.5 Å². The third kappa shape index (κ3) is 3.83. The fraction of sp³-hybridized carbons (Fsp3) is 0.526. The Labute approximate surface area is 149 Å². The van der Waals surface area contributed by atoms with Crippen LogP contribution in [0.15, 0.2) is 24.4 Å². The summed E-state index contributed by atoms with van der Waals surface area (Å²) in [7, 11) is 1.67. The molecule has 1 aliphatic rings. The average molecular weight is 341 g/mol. The highest BCUT2D eigenvalue weighted by atomic mass is 16.5. The Balaban J connectivity index is 2.07. The molecule has 134 valence electrons. The van der Waals surface area contributed by atoms with Crippen LogP contribution in [0.2, 0.25) is 0 Å². The molecule has 0 amide bonds. The number of hydrogen-bond donors (Lipinski definition) is 1. The number of nitrogen functional groups attached to an aromatic ring is 1. The summed E-state index contributed by atoms with van der Waals surface area (Å²) in [4.78, 5) is 15.5. The number of pyridine rings is 1. The molecule has 0 saturated carbocycles. The van der Waals surface area contributed by atoms with Crippen LogP contribution < -0.4 is 15.4 Å². The molecule has 0 spiro atoms. The highest BCUT2D eigenvalue weighted by Crippen LogP contribution is 2.42. The quantitative estimate of drug-likeness (QED) is 0.920. The van der Waals surface area contributed by atoms with E-state index in [4.69, 9.17) is 10.5 Å². The van der Waals surface area contributed by atoms with Crippen LogP contribution in [-0.2, 0) is 0 Å². The zero-order valence-electron chi connectivity index (χ0n) is 15.5. The topological polar surface area (TPSA) is 77.2 Å².